The van der Waals surface area contributed by atoms with Crippen LogP contribution >= 0.6 is 0 Å². The lowest BCUT2D eigenvalue weighted by Crippen LogP contribution is -2.54. The van der Waals surface area contributed by atoms with Crippen LogP contribution in [0.25, 0.3) is 0 Å². The molecule has 4 amide bonds. The molecule has 0 spiro atoms. The largest absolute Gasteiger partial charge is 0.444 e. The van der Waals surface area contributed by atoms with Crippen molar-refractivity contribution in [2.24, 2.45) is 11.5 Å². The Balaban J connectivity index is 1.82. The van der Waals surface area contributed by atoms with Crippen LogP contribution in [-0.2, 0) is 31.7 Å². The molecule has 0 aromatic heterocycles. The number of ether oxygens (including phenoxy) is 1. The Morgan fingerprint density at radius 2 is 1.55 bits per heavy atom. The highest BCUT2D eigenvalue weighted by Crippen LogP contribution is 2.30. The molecule has 1 fully saturated rings. The minimum atomic E-state index is -4.63. The van der Waals surface area contributed by atoms with Gasteiger partial charge in [-0.3, -0.25) is 14.4 Å². The number of nitrogens with one attached hydrogen (secondary N) is 3. The van der Waals surface area contributed by atoms with Gasteiger partial charge < -0.3 is 37.1 Å². The third kappa shape index (κ3) is 10.5. The van der Waals surface area contributed by atoms with Gasteiger partial charge >= 0.3 is 12.3 Å². The molecular weight excluding hydrogens is 581 g/mol. The summed E-state index contributed by atoms with van der Waals surface area (Å²) in [6.07, 6.45) is -5.68. The lowest BCUT2D eigenvalue weighted by Gasteiger charge is -2.26. The normalized spacial score (nSPS) is 18.2. The molecular formula is C30H39F3N6O5. The zero-order valence-corrected chi connectivity index (χ0v) is 24.8. The topological polar surface area (TPSA) is 169 Å². The number of alkyl halides is 3. The van der Waals surface area contributed by atoms with E-state index in [1.807, 2.05) is 18.2 Å². The zero-order chi connectivity index (χ0) is 32.7. The Hall–Kier alpha value is -4.17. The van der Waals surface area contributed by atoms with Crippen molar-refractivity contribution in [1.82, 2.24) is 15.5 Å². The monoisotopic (exact) mass is 620 g/mol. The van der Waals surface area contributed by atoms with Gasteiger partial charge in [-0.25, -0.2) is 4.79 Å². The van der Waals surface area contributed by atoms with Crippen LogP contribution in [0.5, 0.6) is 0 Å². The van der Waals surface area contributed by atoms with Gasteiger partial charge in [0.2, 0.25) is 17.7 Å². The van der Waals surface area contributed by atoms with Gasteiger partial charge in [0.05, 0.1) is 12.0 Å². The lowest BCUT2D eigenvalue weighted by molar-refractivity contribution is -0.137. The van der Waals surface area contributed by atoms with Crippen LogP contribution in [0.1, 0.15) is 44.7 Å². The number of nitrogens with zero attached hydrogens (tertiary/aromatic N) is 1. The minimum absolute atomic E-state index is 0.0590. The zero-order valence-electron chi connectivity index (χ0n) is 24.8. The van der Waals surface area contributed by atoms with Gasteiger partial charge in [-0.05, 0) is 57.4 Å². The van der Waals surface area contributed by atoms with Gasteiger partial charge in [0, 0.05) is 30.9 Å². The maximum Gasteiger partial charge on any atom is 0.416 e. The van der Waals surface area contributed by atoms with E-state index in [4.69, 9.17) is 16.2 Å². The van der Waals surface area contributed by atoms with Crippen LogP contribution in [0.15, 0.2) is 54.6 Å². The van der Waals surface area contributed by atoms with Crippen molar-refractivity contribution in [2.75, 3.05) is 18.4 Å². The van der Waals surface area contributed by atoms with Crippen molar-refractivity contribution in [3.8, 4) is 0 Å². The average Bonchev–Trinajstić information content (AvgIpc) is 3.27. The maximum absolute atomic E-state index is 13.6. The summed E-state index contributed by atoms with van der Waals surface area (Å²) in [5, 5.41) is 7.41. The highest BCUT2D eigenvalue weighted by Gasteiger charge is 2.35. The number of halogens is 3. The number of hydrogen-bond acceptors (Lipinski definition) is 7. The molecule has 1 saturated heterocycles. The predicted octanol–water partition coefficient (Wildman–Crippen LogP) is 2.54. The first-order valence-electron chi connectivity index (χ1n) is 14.1. The smallest absolute Gasteiger partial charge is 0.416 e. The lowest BCUT2D eigenvalue weighted by atomic mass is 10.0. The molecule has 14 heteroatoms. The summed E-state index contributed by atoms with van der Waals surface area (Å²) in [5.41, 5.74) is 10.7. The number of benzene rings is 2. The number of aryl methyl sites for hydroxylation is 1. The van der Waals surface area contributed by atoms with Crippen molar-refractivity contribution in [3.63, 3.8) is 0 Å². The Labute approximate surface area is 253 Å². The van der Waals surface area contributed by atoms with Gasteiger partial charge in [0.25, 0.3) is 0 Å². The van der Waals surface area contributed by atoms with Gasteiger partial charge in [0.1, 0.15) is 17.7 Å². The first-order chi connectivity index (χ1) is 20.5. The predicted molar refractivity (Wildman–Crippen MR) is 157 cm³/mol. The molecule has 0 bridgehead atoms. The summed E-state index contributed by atoms with van der Waals surface area (Å²) in [6, 6.07) is 9.54. The van der Waals surface area contributed by atoms with Gasteiger partial charge in [-0.1, -0.05) is 36.4 Å². The van der Waals surface area contributed by atoms with E-state index in [2.05, 4.69) is 16.0 Å². The molecule has 2 unspecified atom stereocenters. The number of carbonyl (C=O) groups is 4. The molecule has 7 N–H and O–H groups in total. The molecule has 0 radical (unpaired) electrons. The van der Waals surface area contributed by atoms with Crippen LogP contribution in [0.4, 0.5) is 23.7 Å². The molecule has 2 aromatic carbocycles. The molecule has 0 aliphatic carbocycles. The summed E-state index contributed by atoms with van der Waals surface area (Å²) in [5.74, 6) is -2.15. The number of likely N-dealkylation sites (tertiary alicyclic amines) is 1. The van der Waals surface area contributed by atoms with Crippen molar-refractivity contribution < 1.29 is 37.1 Å². The standard InChI is InChI=1S/C30H39F3N6O5/c1-29(2,3)44-28(43)38-24(15-25(40)39-16-21(34)22(35)17-39)27(42)37-23(13-12-18-8-5-4-6-9-18)26(41)36-20-11-7-10-19(14-20)30(31,32)33/h4-11,14,21-24H,12-13,15-17,34-35H2,1-3H3,(H,36,41)(H,37,42)(H,38,43)/t21-,22-,23?,24?/m0/s1. The van der Waals surface area contributed by atoms with Gasteiger partial charge in [-0.15, -0.1) is 0 Å². The third-order valence-electron chi connectivity index (χ3n) is 6.81. The van der Waals surface area contributed by atoms with Gasteiger partial charge in [0.15, 0.2) is 0 Å². The second kappa shape index (κ2) is 14.5. The number of nitrogens with two attached hydrogens (primary N) is 2. The SMILES string of the molecule is CC(C)(C)OC(=O)NC(CC(=O)N1C[C@H](N)[C@@H](N)C1)C(=O)NC(CCc1ccccc1)C(=O)Nc1cccc(C(F)(F)F)c1. The number of carbonyl (C=O) groups excluding carboxylic acids is 4. The Bertz CT molecular complexity index is 1310. The first kappa shape index (κ1) is 34.3. The van der Waals surface area contributed by atoms with E-state index in [0.29, 0.717) is 6.42 Å². The van der Waals surface area contributed by atoms with Crippen LogP contribution < -0.4 is 27.4 Å². The van der Waals surface area contributed by atoms with Crippen molar-refractivity contribution in [1.29, 1.82) is 0 Å². The highest BCUT2D eigenvalue weighted by molar-refractivity contribution is 5.99. The summed E-state index contributed by atoms with van der Waals surface area (Å²) < 4.78 is 45.0. The minimum Gasteiger partial charge on any atom is -0.444 e. The Kier molecular flexibility index (Phi) is 11.3. The number of alkyl carbamates (subject to hydrolysis) is 1. The second-order valence-electron chi connectivity index (χ2n) is 11.7. The molecule has 1 heterocycles. The quantitative estimate of drug-likeness (QED) is 0.272. The molecule has 240 valence electrons. The fourth-order valence-electron chi connectivity index (χ4n) is 4.52. The molecule has 1 aliphatic rings. The summed E-state index contributed by atoms with van der Waals surface area (Å²) in [6.45, 7) is 5.20. The summed E-state index contributed by atoms with van der Waals surface area (Å²) in [4.78, 5) is 54.0. The van der Waals surface area contributed by atoms with E-state index in [1.54, 1.807) is 32.9 Å². The maximum atomic E-state index is 13.6. The van der Waals surface area contributed by atoms with E-state index in [0.717, 1.165) is 23.8 Å². The van der Waals surface area contributed by atoms with Crippen LogP contribution in [-0.4, -0.2) is 71.6 Å². The number of rotatable bonds is 10. The third-order valence-corrected chi connectivity index (χ3v) is 6.81. The van der Waals surface area contributed by atoms with E-state index in [9.17, 15) is 32.3 Å². The van der Waals surface area contributed by atoms with Crippen molar-refractivity contribution in [3.05, 3.63) is 65.7 Å². The summed E-state index contributed by atoms with van der Waals surface area (Å²) in [7, 11) is 0. The number of amides is 4. The molecule has 11 nitrogen and oxygen atoms in total. The number of anilines is 1. The average molecular weight is 621 g/mol. The molecule has 44 heavy (non-hydrogen) atoms. The molecule has 2 aromatic rings. The Morgan fingerprint density at radius 1 is 0.909 bits per heavy atom. The van der Waals surface area contributed by atoms with Crippen LogP contribution in [0.2, 0.25) is 0 Å². The van der Waals surface area contributed by atoms with Gasteiger partial charge in [-0.2, -0.15) is 13.2 Å². The molecule has 1 aliphatic heterocycles. The van der Waals surface area contributed by atoms with Crippen molar-refractivity contribution >= 4 is 29.5 Å². The molecule has 3 rings (SSSR count). The van der Waals surface area contributed by atoms with E-state index >= 15 is 0 Å². The van der Waals surface area contributed by atoms with E-state index in [-0.39, 0.29) is 25.2 Å². The Morgan fingerprint density at radius 3 is 2.14 bits per heavy atom. The fraction of sp³-hybridized carbons (Fsp3) is 0.467. The highest BCUT2D eigenvalue weighted by atomic mass is 19.4. The van der Waals surface area contributed by atoms with E-state index in [1.165, 1.54) is 11.0 Å². The fourth-order valence-corrected chi connectivity index (χ4v) is 4.52. The van der Waals surface area contributed by atoms with Crippen LogP contribution in [0.3, 0.4) is 0 Å². The number of hydrogen-bond donors (Lipinski definition) is 5. The first-order valence-corrected chi connectivity index (χ1v) is 14.1. The second-order valence-corrected chi connectivity index (χ2v) is 11.7. The molecule has 4 atom stereocenters. The molecule has 0 saturated carbocycles. The van der Waals surface area contributed by atoms with Crippen LogP contribution in [0, 0.1) is 0 Å². The van der Waals surface area contributed by atoms with E-state index < -0.39 is 71.7 Å². The summed E-state index contributed by atoms with van der Waals surface area (Å²) >= 11 is 0. The van der Waals surface area contributed by atoms with Crippen molar-refractivity contribution in [2.45, 2.75) is 76.0 Å².